The summed E-state index contributed by atoms with van der Waals surface area (Å²) < 4.78 is 0. The molecule has 2 heterocycles. The fourth-order valence-electron chi connectivity index (χ4n) is 4.27. The maximum absolute atomic E-state index is 12.5. The highest BCUT2D eigenvalue weighted by Gasteiger charge is 2.58. The van der Waals surface area contributed by atoms with E-state index in [1.165, 1.54) is 11.1 Å². The van der Waals surface area contributed by atoms with Crippen molar-refractivity contribution in [2.75, 3.05) is 13.1 Å². The Morgan fingerprint density at radius 1 is 1.23 bits per heavy atom. The number of aryl methyl sites for hydroxylation is 1. The van der Waals surface area contributed by atoms with Crippen molar-refractivity contribution in [1.82, 2.24) is 15.2 Å². The van der Waals surface area contributed by atoms with E-state index >= 15 is 0 Å². The molecule has 1 unspecified atom stereocenters. The number of aromatic nitrogens is 1. The SMILES string of the molecule is Cc1ccccc1CN1CCC2(CC1)CC2C(=O)NCc1cccnc1. The lowest BCUT2D eigenvalue weighted by atomic mass is 9.90. The zero-order valence-corrected chi connectivity index (χ0v) is 15.4. The second-order valence-corrected chi connectivity index (χ2v) is 7.90. The molecule has 1 aliphatic heterocycles. The second kappa shape index (κ2) is 7.20. The molecule has 1 atom stereocenters. The monoisotopic (exact) mass is 349 g/mol. The van der Waals surface area contributed by atoms with Gasteiger partial charge in [-0.2, -0.15) is 0 Å². The number of amides is 1. The average molecular weight is 349 g/mol. The molecule has 136 valence electrons. The molecule has 1 saturated heterocycles. The van der Waals surface area contributed by atoms with E-state index < -0.39 is 0 Å². The summed E-state index contributed by atoms with van der Waals surface area (Å²) in [7, 11) is 0. The van der Waals surface area contributed by atoms with Crippen molar-refractivity contribution in [3.63, 3.8) is 0 Å². The molecule has 4 rings (SSSR count). The lowest BCUT2D eigenvalue weighted by Crippen LogP contribution is -2.36. The third kappa shape index (κ3) is 3.65. The number of carbonyl (C=O) groups is 1. The lowest BCUT2D eigenvalue weighted by molar-refractivity contribution is -0.123. The van der Waals surface area contributed by atoms with Crippen LogP contribution in [0.3, 0.4) is 0 Å². The maximum Gasteiger partial charge on any atom is 0.223 e. The average Bonchev–Trinajstić information content (AvgIpc) is 3.38. The van der Waals surface area contributed by atoms with Gasteiger partial charge in [-0.3, -0.25) is 14.7 Å². The first-order chi connectivity index (χ1) is 12.7. The van der Waals surface area contributed by atoms with Crippen molar-refractivity contribution in [2.45, 2.75) is 39.3 Å². The van der Waals surface area contributed by atoms with E-state index in [-0.39, 0.29) is 17.2 Å². The van der Waals surface area contributed by atoms with Gasteiger partial charge in [-0.1, -0.05) is 30.3 Å². The minimum atomic E-state index is 0.208. The number of pyridine rings is 1. The van der Waals surface area contributed by atoms with E-state index in [1.807, 2.05) is 18.3 Å². The van der Waals surface area contributed by atoms with Gasteiger partial charge in [-0.15, -0.1) is 0 Å². The smallest absolute Gasteiger partial charge is 0.223 e. The highest BCUT2D eigenvalue weighted by molar-refractivity contribution is 5.82. The fourth-order valence-corrected chi connectivity index (χ4v) is 4.27. The first kappa shape index (κ1) is 17.2. The molecule has 0 radical (unpaired) electrons. The lowest BCUT2D eigenvalue weighted by Gasteiger charge is -2.33. The number of nitrogens with one attached hydrogen (secondary N) is 1. The van der Waals surface area contributed by atoms with Crippen LogP contribution in [-0.2, 0) is 17.9 Å². The molecular weight excluding hydrogens is 322 g/mol. The van der Waals surface area contributed by atoms with Crippen LogP contribution in [0.5, 0.6) is 0 Å². The van der Waals surface area contributed by atoms with Crippen molar-refractivity contribution < 1.29 is 4.79 Å². The van der Waals surface area contributed by atoms with E-state index in [1.54, 1.807) is 6.20 Å². The molecule has 1 amide bonds. The molecular formula is C22H27N3O. The van der Waals surface area contributed by atoms with E-state index in [4.69, 9.17) is 0 Å². The summed E-state index contributed by atoms with van der Waals surface area (Å²) in [5.74, 6) is 0.431. The number of carbonyl (C=O) groups excluding carboxylic acids is 1. The highest BCUT2D eigenvalue weighted by Crippen LogP contribution is 2.59. The van der Waals surface area contributed by atoms with Crippen LogP contribution in [0.25, 0.3) is 0 Å². The topological polar surface area (TPSA) is 45.2 Å². The van der Waals surface area contributed by atoms with Crippen molar-refractivity contribution in [1.29, 1.82) is 0 Å². The normalized spacial score (nSPS) is 21.5. The zero-order valence-electron chi connectivity index (χ0n) is 15.4. The molecule has 4 nitrogen and oxygen atoms in total. The molecule has 1 aliphatic carbocycles. The summed E-state index contributed by atoms with van der Waals surface area (Å²) >= 11 is 0. The number of hydrogen-bond acceptors (Lipinski definition) is 3. The molecule has 2 fully saturated rings. The van der Waals surface area contributed by atoms with Gasteiger partial charge in [-0.25, -0.2) is 0 Å². The number of benzene rings is 1. The molecule has 0 bridgehead atoms. The summed E-state index contributed by atoms with van der Waals surface area (Å²) in [6, 6.07) is 12.5. The zero-order chi connectivity index (χ0) is 18.0. The Hall–Kier alpha value is -2.20. The van der Waals surface area contributed by atoms with Crippen molar-refractivity contribution in [3.8, 4) is 0 Å². The van der Waals surface area contributed by atoms with E-state index in [2.05, 4.69) is 46.4 Å². The van der Waals surface area contributed by atoms with Gasteiger partial charge in [0.25, 0.3) is 0 Å². The second-order valence-electron chi connectivity index (χ2n) is 7.90. The maximum atomic E-state index is 12.5. The standard InChI is InChI=1S/C22H27N3O/c1-17-5-2-3-7-19(17)16-25-11-8-22(9-12-25)13-20(22)21(26)24-15-18-6-4-10-23-14-18/h2-7,10,14,20H,8-9,11-13,15-16H2,1H3,(H,24,26). The summed E-state index contributed by atoms with van der Waals surface area (Å²) in [4.78, 5) is 19.2. The van der Waals surface area contributed by atoms with E-state index in [0.29, 0.717) is 6.54 Å². The van der Waals surface area contributed by atoms with Crippen LogP contribution < -0.4 is 5.32 Å². The van der Waals surface area contributed by atoms with Gasteiger partial charge in [0, 0.05) is 31.4 Å². The van der Waals surface area contributed by atoms with E-state index in [0.717, 1.165) is 44.5 Å². The third-order valence-electron chi connectivity index (χ3n) is 6.20. The first-order valence-corrected chi connectivity index (χ1v) is 9.60. The van der Waals surface area contributed by atoms with Crippen LogP contribution in [0.15, 0.2) is 48.8 Å². The van der Waals surface area contributed by atoms with Crippen LogP contribution in [-0.4, -0.2) is 28.9 Å². The van der Waals surface area contributed by atoms with Gasteiger partial charge >= 0.3 is 0 Å². The fraction of sp³-hybridized carbons (Fsp3) is 0.455. The van der Waals surface area contributed by atoms with Crippen molar-refractivity contribution >= 4 is 5.91 Å². The molecule has 2 aromatic rings. The third-order valence-corrected chi connectivity index (χ3v) is 6.20. The number of hydrogen-bond donors (Lipinski definition) is 1. The predicted molar refractivity (Wildman–Crippen MR) is 102 cm³/mol. The number of likely N-dealkylation sites (tertiary alicyclic amines) is 1. The predicted octanol–water partition coefficient (Wildman–Crippen LogP) is 3.31. The quantitative estimate of drug-likeness (QED) is 0.901. The molecule has 1 spiro atoms. The summed E-state index contributed by atoms with van der Waals surface area (Å²) in [5, 5.41) is 3.10. The molecule has 2 aliphatic rings. The molecule has 1 saturated carbocycles. The van der Waals surface area contributed by atoms with Crippen LogP contribution in [0.1, 0.15) is 36.0 Å². The Kier molecular flexibility index (Phi) is 4.77. The Bertz CT molecular complexity index is 766. The summed E-state index contributed by atoms with van der Waals surface area (Å²) in [6.07, 6.45) is 6.91. The van der Waals surface area contributed by atoms with Crippen LogP contribution >= 0.6 is 0 Å². The summed E-state index contributed by atoms with van der Waals surface area (Å²) in [5.41, 5.74) is 4.11. The molecule has 1 aromatic carbocycles. The van der Waals surface area contributed by atoms with Gasteiger partial charge in [0.2, 0.25) is 5.91 Å². The Balaban J connectivity index is 1.26. The minimum absolute atomic E-state index is 0.208. The van der Waals surface area contributed by atoms with Crippen LogP contribution in [0.4, 0.5) is 0 Å². The number of piperidine rings is 1. The molecule has 26 heavy (non-hydrogen) atoms. The van der Waals surface area contributed by atoms with Gasteiger partial charge in [0.15, 0.2) is 0 Å². The summed E-state index contributed by atoms with van der Waals surface area (Å²) in [6.45, 7) is 5.99. The molecule has 1 N–H and O–H groups in total. The first-order valence-electron chi connectivity index (χ1n) is 9.60. The number of rotatable bonds is 5. The van der Waals surface area contributed by atoms with Gasteiger partial charge in [-0.05, 0) is 67.4 Å². The Labute approximate surface area is 155 Å². The van der Waals surface area contributed by atoms with Gasteiger partial charge in [0.05, 0.1) is 0 Å². The molecule has 1 aromatic heterocycles. The van der Waals surface area contributed by atoms with E-state index in [9.17, 15) is 4.79 Å². The molecule has 4 heteroatoms. The van der Waals surface area contributed by atoms with Crippen molar-refractivity contribution in [2.24, 2.45) is 11.3 Å². The number of nitrogens with zero attached hydrogens (tertiary/aromatic N) is 2. The highest BCUT2D eigenvalue weighted by atomic mass is 16.2. The van der Waals surface area contributed by atoms with Crippen LogP contribution in [0.2, 0.25) is 0 Å². The van der Waals surface area contributed by atoms with Crippen LogP contribution in [0, 0.1) is 18.3 Å². The van der Waals surface area contributed by atoms with Crippen molar-refractivity contribution in [3.05, 3.63) is 65.5 Å². The Morgan fingerprint density at radius 2 is 2.04 bits per heavy atom. The Morgan fingerprint density at radius 3 is 2.77 bits per heavy atom. The van der Waals surface area contributed by atoms with Gasteiger partial charge in [0.1, 0.15) is 0 Å². The largest absolute Gasteiger partial charge is 0.352 e. The van der Waals surface area contributed by atoms with Gasteiger partial charge < -0.3 is 5.32 Å². The minimum Gasteiger partial charge on any atom is -0.352 e.